The van der Waals surface area contributed by atoms with Crippen molar-refractivity contribution < 1.29 is 19.1 Å². The van der Waals surface area contributed by atoms with Crippen molar-refractivity contribution in [2.45, 2.75) is 13.8 Å². The molecule has 1 saturated heterocycles. The fourth-order valence-electron chi connectivity index (χ4n) is 3.05. The summed E-state index contributed by atoms with van der Waals surface area (Å²) in [5.74, 6) is 0.770. The summed E-state index contributed by atoms with van der Waals surface area (Å²) in [5.41, 5.74) is 2.07. The van der Waals surface area contributed by atoms with Gasteiger partial charge in [-0.2, -0.15) is 0 Å². The van der Waals surface area contributed by atoms with Crippen LogP contribution in [0.25, 0.3) is 0 Å². The van der Waals surface area contributed by atoms with Crippen molar-refractivity contribution >= 4 is 23.6 Å². The quantitative estimate of drug-likeness (QED) is 0.825. The Labute approximate surface area is 169 Å². The number of nitrogens with one attached hydrogen (secondary N) is 1. The second kappa shape index (κ2) is 9.22. The number of benzene rings is 1. The fourth-order valence-corrected chi connectivity index (χ4v) is 3.05. The van der Waals surface area contributed by atoms with Gasteiger partial charge in [0, 0.05) is 32.4 Å². The molecule has 1 aromatic carbocycles. The highest BCUT2D eigenvalue weighted by atomic mass is 16.6. The van der Waals surface area contributed by atoms with Crippen LogP contribution in [0.4, 0.5) is 16.4 Å². The zero-order chi connectivity index (χ0) is 20.8. The molecule has 2 amide bonds. The molecule has 9 nitrogen and oxygen atoms in total. The number of carbonyl (C=O) groups is 2. The highest BCUT2D eigenvalue weighted by molar-refractivity contribution is 5.92. The number of hydrogen-bond acceptors (Lipinski definition) is 7. The summed E-state index contributed by atoms with van der Waals surface area (Å²) in [7, 11) is 1.59. The van der Waals surface area contributed by atoms with Crippen LogP contribution < -0.4 is 10.1 Å². The van der Waals surface area contributed by atoms with Gasteiger partial charge in [0.25, 0.3) is 5.91 Å². The number of nitrogens with zero attached hydrogens (tertiary/aromatic N) is 4. The van der Waals surface area contributed by atoms with Gasteiger partial charge in [-0.15, -0.1) is 0 Å². The van der Waals surface area contributed by atoms with Crippen LogP contribution in [0.15, 0.2) is 30.5 Å². The molecule has 0 atom stereocenters. The maximum Gasteiger partial charge on any atom is 0.409 e. The van der Waals surface area contributed by atoms with Crippen molar-refractivity contribution in [2.24, 2.45) is 0 Å². The van der Waals surface area contributed by atoms with E-state index >= 15 is 0 Å². The lowest BCUT2D eigenvalue weighted by Gasteiger charge is -2.33. The highest BCUT2D eigenvalue weighted by Gasteiger charge is 2.26. The lowest BCUT2D eigenvalue weighted by atomic mass is 10.2. The average molecular weight is 399 g/mol. The molecule has 2 aromatic rings. The first-order chi connectivity index (χ1) is 14.0. The van der Waals surface area contributed by atoms with Gasteiger partial charge in [0.15, 0.2) is 0 Å². The van der Waals surface area contributed by atoms with Crippen molar-refractivity contribution in [3.63, 3.8) is 0 Å². The van der Waals surface area contributed by atoms with Crippen LogP contribution in [-0.2, 0) is 4.74 Å². The van der Waals surface area contributed by atoms with Crippen molar-refractivity contribution in [1.82, 2.24) is 19.8 Å². The number of piperazine rings is 1. The normalized spacial score (nSPS) is 13.8. The third-order valence-electron chi connectivity index (χ3n) is 4.57. The second-order valence-electron chi connectivity index (χ2n) is 6.57. The molecule has 1 N–H and O–H groups in total. The number of ether oxygens (including phenoxy) is 2. The zero-order valence-electron chi connectivity index (χ0n) is 16.8. The fraction of sp³-hybridized carbons (Fsp3) is 0.400. The summed E-state index contributed by atoms with van der Waals surface area (Å²) in [6.45, 7) is 5.79. The molecule has 0 unspecified atom stereocenters. The third kappa shape index (κ3) is 4.92. The number of amides is 2. The largest absolute Gasteiger partial charge is 0.495 e. The van der Waals surface area contributed by atoms with Gasteiger partial charge in [-0.05, 0) is 37.6 Å². The van der Waals surface area contributed by atoms with Gasteiger partial charge in [-0.3, -0.25) is 4.79 Å². The number of carbonyl (C=O) groups excluding carboxylic acids is 2. The lowest BCUT2D eigenvalue weighted by Crippen LogP contribution is -2.50. The first-order valence-electron chi connectivity index (χ1n) is 9.47. The Morgan fingerprint density at radius 3 is 2.55 bits per heavy atom. The Morgan fingerprint density at radius 1 is 1.14 bits per heavy atom. The summed E-state index contributed by atoms with van der Waals surface area (Å²) < 4.78 is 10.4. The van der Waals surface area contributed by atoms with Gasteiger partial charge in [0.1, 0.15) is 11.4 Å². The number of hydrogen-bond donors (Lipinski definition) is 1. The van der Waals surface area contributed by atoms with Crippen LogP contribution in [-0.4, -0.2) is 71.7 Å². The highest BCUT2D eigenvalue weighted by Crippen LogP contribution is 2.27. The predicted octanol–water partition coefficient (Wildman–Crippen LogP) is 2.45. The number of aryl methyl sites for hydroxylation is 1. The lowest BCUT2D eigenvalue weighted by molar-refractivity contribution is 0.0566. The smallest absolute Gasteiger partial charge is 0.409 e. The Bertz CT molecular complexity index is 881. The zero-order valence-corrected chi connectivity index (χ0v) is 16.8. The van der Waals surface area contributed by atoms with Gasteiger partial charge in [0.05, 0.1) is 19.4 Å². The third-order valence-corrected chi connectivity index (χ3v) is 4.57. The molecule has 9 heteroatoms. The molecule has 2 heterocycles. The second-order valence-corrected chi connectivity index (χ2v) is 6.57. The van der Waals surface area contributed by atoms with E-state index < -0.39 is 0 Å². The number of anilines is 2. The first kappa shape index (κ1) is 20.4. The molecular formula is C20H25N5O4. The van der Waals surface area contributed by atoms with Crippen molar-refractivity contribution in [3.05, 3.63) is 41.7 Å². The molecular weight excluding hydrogens is 374 g/mol. The van der Waals surface area contributed by atoms with Gasteiger partial charge >= 0.3 is 6.09 Å². The molecule has 0 radical (unpaired) electrons. The minimum atomic E-state index is -0.347. The van der Waals surface area contributed by atoms with Crippen molar-refractivity contribution in [1.29, 1.82) is 0 Å². The Morgan fingerprint density at radius 2 is 1.86 bits per heavy atom. The van der Waals surface area contributed by atoms with Crippen LogP contribution in [0.2, 0.25) is 0 Å². The van der Waals surface area contributed by atoms with Crippen LogP contribution in [0.3, 0.4) is 0 Å². The van der Waals surface area contributed by atoms with E-state index in [1.54, 1.807) is 36.1 Å². The maximum atomic E-state index is 12.8. The summed E-state index contributed by atoms with van der Waals surface area (Å²) in [6.07, 6.45) is 1.19. The van der Waals surface area contributed by atoms with E-state index in [0.29, 0.717) is 50.2 Å². The molecule has 0 bridgehead atoms. The van der Waals surface area contributed by atoms with Crippen LogP contribution in [0.1, 0.15) is 23.0 Å². The van der Waals surface area contributed by atoms with Crippen LogP contribution >= 0.6 is 0 Å². The van der Waals surface area contributed by atoms with Crippen LogP contribution in [0.5, 0.6) is 5.75 Å². The van der Waals surface area contributed by atoms with E-state index in [1.165, 1.54) is 0 Å². The molecule has 1 aliphatic rings. The van der Waals surface area contributed by atoms with Gasteiger partial charge < -0.3 is 24.6 Å². The minimum absolute atomic E-state index is 0.199. The maximum absolute atomic E-state index is 12.8. The van der Waals surface area contributed by atoms with E-state index in [0.717, 1.165) is 11.3 Å². The van der Waals surface area contributed by atoms with Crippen molar-refractivity contribution in [2.75, 3.05) is 45.2 Å². The van der Waals surface area contributed by atoms with E-state index in [4.69, 9.17) is 9.47 Å². The van der Waals surface area contributed by atoms with Crippen LogP contribution in [0, 0.1) is 6.92 Å². The number of rotatable bonds is 5. The topological polar surface area (TPSA) is 96.9 Å². The Balaban J connectivity index is 1.68. The number of methoxy groups -OCH3 is 1. The molecule has 0 aliphatic carbocycles. The predicted molar refractivity (Wildman–Crippen MR) is 108 cm³/mol. The molecule has 3 rings (SSSR count). The Kier molecular flexibility index (Phi) is 6.48. The first-order valence-corrected chi connectivity index (χ1v) is 9.47. The standard InChI is InChI=1S/C20H25N5O4/c1-4-29-20(27)25-11-9-24(10-12-25)18(26)15-7-8-21-19(22-15)23-16-13-14(2)5-6-17(16)28-3/h5-8,13H,4,9-12H2,1-3H3,(H,21,22,23). The van der Waals surface area contributed by atoms with E-state index in [-0.39, 0.29) is 12.0 Å². The molecule has 0 saturated carbocycles. The van der Waals surface area contributed by atoms with Crippen molar-refractivity contribution in [3.8, 4) is 5.75 Å². The molecule has 0 spiro atoms. The molecule has 154 valence electrons. The minimum Gasteiger partial charge on any atom is -0.495 e. The van der Waals surface area contributed by atoms with Gasteiger partial charge in [0.2, 0.25) is 5.95 Å². The summed E-state index contributed by atoms with van der Waals surface area (Å²) in [5, 5.41) is 3.11. The monoisotopic (exact) mass is 399 g/mol. The van der Waals surface area contributed by atoms with Gasteiger partial charge in [-0.1, -0.05) is 6.07 Å². The SMILES string of the molecule is CCOC(=O)N1CCN(C(=O)c2ccnc(Nc3cc(C)ccc3OC)n2)CC1. The molecule has 1 aromatic heterocycles. The number of aromatic nitrogens is 2. The molecule has 1 aliphatic heterocycles. The summed E-state index contributed by atoms with van der Waals surface area (Å²) in [6, 6.07) is 7.31. The average Bonchev–Trinajstić information content (AvgIpc) is 2.74. The molecule has 29 heavy (non-hydrogen) atoms. The Hall–Kier alpha value is -3.36. The van der Waals surface area contributed by atoms with E-state index in [1.807, 2.05) is 25.1 Å². The summed E-state index contributed by atoms with van der Waals surface area (Å²) >= 11 is 0. The van der Waals surface area contributed by atoms with E-state index in [2.05, 4.69) is 15.3 Å². The summed E-state index contributed by atoms with van der Waals surface area (Å²) in [4.78, 5) is 36.5. The van der Waals surface area contributed by atoms with Gasteiger partial charge in [-0.25, -0.2) is 14.8 Å². The molecule has 1 fully saturated rings. The van der Waals surface area contributed by atoms with E-state index in [9.17, 15) is 9.59 Å².